The lowest BCUT2D eigenvalue weighted by atomic mass is 10.0. The van der Waals surface area contributed by atoms with Crippen LogP contribution in [-0.2, 0) is 0 Å². The highest BCUT2D eigenvalue weighted by molar-refractivity contribution is 6.26. The van der Waals surface area contributed by atoms with Crippen molar-refractivity contribution >= 4 is 28.5 Å². The van der Waals surface area contributed by atoms with Crippen LogP contribution in [-0.4, -0.2) is 25.8 Å². The highest BCUT2D eigenvalue weighted by atomic mass is 16.6. The number of nitrogens with two attached hydrogens (primary N) is 1. The smallest absolute Gasteiger partial charge is 0.301 e. The molecule has 1 aliphatic rings. The lowest BCUT2D eigenvalue weighted by Crippen LogP contribution is -2.27. The van der Waals surface area contributed by atoms with Crippen LogP contribution >= 0.6 is 0 Å². The van der Waals surface area contributed by atoms with Gasteiger partial charge in [-0.25, -0.2) is 5.84 Å². The first kappa shape index (κ1) is 18.8. The van der Waals surface area contributed by atoms with E-state index >= 15 is 0 Å². The van der Waals surface area contributed by atoms with Gasteiger partial charge in [-0.05, 0) is 11.6 Å². The number of hydrogen-bond donors (Lipinski definition) is 3. The Morgan fingerprint density at radius 1 is 0.867 bits per heavy atom. The van der Waals surface area contributed by atoms with E-state index in [4.69, 9.17) is 5.84 Å². The molecule has 0 bridgehead atoms. The topological polar surface area (TPSA) is 173 Å². The number of nitrogens with zero attached hydrogens (tertiary/aromatic N) is 3. The first-order valence-corrected chi connectivity index (χ1v) is 8.43. The van der Waals surface area contributed by atoms with E-state index in [-0.39, 0.29) is 33.8 Å². The van der Waals surface area contributed by atoms with Gasteiger partial charge in [-0.15, -0.1) is 0 Å². The average Bonchev–Trinajstić information content (AvgIpc) is 3.00. The summed E-state index contributed by atoms with van der Waals surface area (Å²) < 4.78 is 0. The van der Waals surface area contributed by atoms with E-state index in [1.54, 1.807) is 18.2 Å². The van der Waals surface area contributed by atoms with E-state index in [1.807, 2.05) is 0 Å². The van der Waals surface area contributed by atoms with E-state index in [9.17, 15) is 35.2 Å². The zero-order valence-electron chi connectivity index (χ0n) is 15.0. The van der Waals surface area contributed by atoms with Crippen molar-refractivity contribution in [1.82, 2.24) is 0 Å². The first-order valence-electron chi connectivity index (χ1n) is 8.43. The number of carbonyl (C=O) groups excluding carboxylic acids is 1. The molecule has 0 fully saturated rings. The van der Waals surface area contributed by atoms with Gasteiger partial charge in [0.15, 0.2) is 5.78 Å². The number of nitro benzene ring substituents is 2. The number of anilines is 2. The lowest BCUT2D eigenvalue weighted by molar-refractivity contribution is -0.393. The number of nitro groups is 2. The molecule has 0 saturated heterocycles. The molecule has 11 heteroatoms. The van der Waals surface area contributed by atoms with Gasteiger partial charge < -0.3 is 10.2 Å². The maximum absolute atomic E-state index is 13.0. The van der Waals surface area contributed by atoms with Crippen LogP contribution in [0.5, 0.6) is 11.5 Å². The van der Waals surface area contributed by atoms with Crippen molar-refractivity contribution in [2.75, 3.05) is 5.01 Å². The molecule has 30 heavy (non-hydrogen) atoms. The summed E-state index contributed by atoms with van der Waals surface area (Å²) in [5.41, 5.74) is -1.12. The Hall–Kier alpha value is -4.51. The van der Waals surface area contributed by atoms with Crippen LogP contribution < -0.4 is 10.9 Å². The number of non-ortho nitro benzene ring substituents is 1. The summed E-state index contributed by atoms with van der Waals surface area (Å²) in [6.45, 7) is 0. The third-order valence-corrected chi connectivity index (χ3v) is 4.79. The fourth-order valence-electron chi connectivity index (χ4n) is 3.51. The van der Waals surface area contributed by atoms with E-state index in [2.05, 4.69) is 0 Å². The number of aromatic hydroxyl groups is 2. The van der Waals surface area contributed by atoms with Crippen LogP contribution in [0.2, 0.25) is 0 Å². The van der Waals surface area contributed by atoms with Gasteiger partial charge in [-0.3, -0.25) is 30.0 Å². The third kappa shape index (κ3) is 2.61. The summed E-state index contributed by atoms with van der Waals surface area (Å²) in [5.74, 6) is 4.57. The minimum Gasteiger partial charge on any atom is -0.507 e. The Balaban J connectivity index is 1.97. The molecule has 150 valence electrons. The number of rotatable bonds is 4. The number of phenols is 2. The molecule has 3 aromatic rings. The van der Waals surface area contributed by atoms with Crippen LogP contribution in [0.3, 0.4) is 0 Å². The summed E-state index contributed by atoms with van der Waals surface area (Å²) in [4.78, 5) is 33.8. The highest BCUT2D eigenvalue weighted by Gasteiger charge is 2.36. The standard InChI is InChI=1S/C19H12N4O7/c20-21(12-6-5-9(22(27)28)7-13(12)23(29)30)18-15(25)8-14(24)16-10-3-1-2-4-11(10)19(26)17(16)18/h1-8,24-25H,20H2. The monoisotopic (exact) mass is 408 g/mol. The number of ketones is 1. The van der Waals surface area contributed by atoms with Crippen LogP contribution in [0.15, 0.2) is 48.5 Å². The predicted molar refractivity (Wildman–Crippen MR) is 105 cm³/mol. The second-order valence-corrected chi connectivity index (χ2v) is 6.45. The largest absolute Gasteiger partial charge is 0.507 e. The molecule has 0 atom stereocenters. The molecule has 4 N–H and O–H groups in total. The van der Waals surface area contributed by atoms with Crippen molar-refractivity contribution in [2.24, 2.45) is 5.84 Å². The Bertz CT molecular complexity index is 1270. The predicted octanol–water partition coefficient (Wildman–Crippen LogP) is 3.14. The van der Waals surface area contributed by atoms with Crippen molar-refractivity contribution in [1.29, 1.82) is 0 Å². The number of benzene rings is 3. The third-order valence-electron chi connectivity index (χ3n) is 4.79. The minimum absolute atomic E-state index is 0.128. The minimum atomic E-state index is -0.865. The maximum Gasteiger partial charge on any atom is 0.301 e. The van der Waals surface area contributed by atoms with Gasteiger partial charge in [-0.2, -0.15) is 0 Å². The second kappa shape index (κ2) is 6.53. The molecule has 0 radical (unpaired) electrons. The molecule has 0 aliphatic heterocycles. The van der Waals surface area contributed by atoms with Gasteiger partial charge in [0.05, 0.1) is 21.5 Å². The molecule has 0 amide bonds. The highest BCUT2D eigenvalue weighted by Crippen LogP contribution is 2.51. The fraction of sp³-hybridized carbons (Fsp3) is 0. The van der Waals surface area contributed by atoms with Crippen LogP contribution in [0.4, 0.5) is 22.7 Å². The van der Waals surface area contributed by atoms with Crippen molar-refractivity contribution in [3.8, 4) is 22.6 Å². The van der Waals surface area contributed by atoms with Crippen LogP contribution in [0.1, 0.15) is 15.9 Å². The summed E-state index contributed by atoms with van der Waals surface area (Å²) in [6.07, 6.45) is 0. The quantitative estimate of drug-likeness (QED) is 0.260. The molecular formula is C19H12N4O7. The number of fused-ring (bicyclic) bond motifs is 3. The van der Waals surface area contributed by atoms with Crippen molar-refractivity contribution < 1.29 is 24.9 Å². The molecule has 3 aromatic carbocycles. The van der Waals surface area contributed by atoms with Gasteiger partial charge in [0.2, 0.25) is 0 Å². The fourth-order valence-corrected chi connectivity index (χ4v) is 3.51. The summed E-state index contributed by atoms with van der Waals surface area (Å²) in [7, 11) is 0. The molecule has 0 aromatic heterocycles. The van der Waals surface area contributed by atoms with E-state index in [1.165, 1.54) is 6.07 Å². The van der Waals surface area contributed by atoms with Gasteiger partial charge >= 0.3 is 5.69 Å². The van der Waals surface area contributed by atoms with E-state index in [0.29, 0.717) is 10.6 Å². The Labute approximate surface area is 167 Å². The average molecular weight is 408 g/mol. The number of phenolic OH excluding ortho intramolecular Hbond substituents is 2. The first-order chi connectivity index (χ1) is 14.2. The lowest BCUT2D eigenvalue weighted by Gasteiger charge is -2.22. The molecule has 1 aliphatic carbocycles. The maximum atomic E-state index is 13.0. The van der Waals surface area contributed by atoms with Gasteiger partial charge in [0.25, 0.3) is 5.69 Å². The van der Waals surface area contributed by atoms with Crippen molar-refractivity contribution in [3.63, 3.8) is 0 Å². The van der Waals surface area contributed by atoms with Crippen LogP contribution in [0, 0.1) is 20.2 Å². The molecular weight excluding hydrogens is 396 g/mol. The normalized spacial score (nSPS) is 11.7. The SMILES string of the molecule is NN(c1ccc([N+](=O)[O-])cc1[N+](=O)[O-])c1c(O)cc(O)c2c1C(=O)c1ccccc1-2. The number of carbonyl (C=O) groups is 1. The molecule has 0 saturated carbocycles. The summed E-state index contributed by atoms with van der Waals surface area (Å²) in [5, 5.41) is 43.9. The Kier molecular flexibility index (Phi) is 4.10. The summed E-state index contributed by atoms with van der Waals surface area (Å²) in [6, 6.07) is 10.2. The van der Waals surface area contributed by atoms with Gasteiger partial charge in [-0.1, -0.05) is 24.3 Å². The van der Waals surface area contributed by atoms with Crippen molar-refractivity contribution in [3.05, 3.63) is 79.9 Å². The molecule has 0 unspecified atom stereocenters. The molecule has 4 rings (SSSR count). The van der Waals surface area contributed by atoms with E-state index < -0.39 is 32.8 Å². The van der Waals surface area contributed by atoms with Gasteiger partial charge in [0, 0.05) is 23.3 Å². The Morgan fingerprint density at radius 2 is 1.53 bits per heavy atom. The zero-order valence-corrected chi connectivity index (χ0v) is 15.0. The second-order valence-electron chi connectivity index (χ2n) is 6.45. The molecule has 0 heterocycles. The van der Waals surface area contributed by atoms with Crippen LogP contribution in [0.25, 0.3) is 11.1 Å². The number of hydrazine groups is 1. The molecule has 11 nitrogen and oxygen atoms in total. The zero-order chi connectivity index (χ0) is 21.7. The van der Waals surface area contributed by atoms with Gasteiger partial charge in [0.1, 0.15) is 22.9 Å². The van der Waals surface area contributed by atoms with Crippen molar-refractivity contribution in [2.45, 2.75) is 0 Å². The Morgan fingerprint density at radius 3 is 2.17 bits per heavy atom. The van der Waals surface area contributed by atoms with E-state index in [0.717, 1.165) is 24.3 Å². The summed E-state index contributed by atoms with van der Waals surface area (Å²) >= 11 is 0. The number of hydrogen-bond acceptors (Lipinski definition) is 9. The molecule has 0 spiro atoms.